The highest BCUT2D eigenvalue weighted by atomic mass is 16.5. The van der Waals surface area contributed by atoms with Crippen molar-refractivity contribution >= 4 is 11.4 Å². The third kappa shape index (κ3) is 3.77. The topological polar surface area (TPSA) is 50.5 Å². The van der Waals surface area contributed by atoms with E-state index in [4.69, 9.17) is 10.5 Å². The van der Waals surface area contributed by atoms with Crippen LogP contribution in [0.15, 0.2) is 18.2 Å². The molecule has 2 rings (SSSR count). The van der Waals surface area contributed by atoms with Gasteiger partial charge in [0.2, 0.25) is 0 Å². The van der Waals surface area contributed by atoms with Crippen molar-refractivity contribution in [2.75, 3.05) is 44.8 Å². The van der Waals surface area contributed by atoms with Gasteiger partial charge in [-0.3, -0.25) is 0 Å². The number of nitrogen functional groups attached to an aromatic ring is 1. The van der Waals surface area contributed by atoms with Gasteiger partial charge in [0, 0.05) is 6.54 Å². The molecule has 106 valence electrons. The summed E-state index contributed by atoms with van der Waals surface area (Å²) in [6.45, 7) is 3.43. The maximum atomic E-state index is 6.04. The summed E-state index contributed by atoms with van der Waals surface area (Å²) in [5.74, 6) is 1.58. The van der Waals surface area contributed by atoms with Gasteiger partial charge in [0.15, 0.2) is 0 Å². The van der Waals surface area contributed by atoms with Crippen LogP contribution in [0.5, 0.6) is 5.75 Å². The molecular formula is C15H25N3O. The first-order valence-corrected chi connectivity index (χ1v) is 7.05. The number of nitrogens with zero attached hydrogens (tertiary/aromatic N) is 1. The maximum Gasteiger partial charge on any atom is 0.143 e. The van der Waals surface area contributed by atoms with Gasteiger partial charge in [0.1, 0.15) is 5.75 Å². The quantitative estimate of drug-likeness (QED) is 0.801. The van der Waals surface area contributed by atoms with Crippen molar-refractivity contribution in [3.8, 4) is 5.75 Å². The Kier molecular flexibility index (Phi) is 4.91. The first-order chi connectivity index (χ1) is 9.20. The second-order valence-corrected chi connectivity index (χ2v) is 5.38. The van der Waals surface area contributed by atoms with E-state index in [-0.39, 0.29) is 0 Å². The molecule has 1 aromatic rings. The lowest BCUT2D eigenvalue weighted by atomic mass is 9.94. The Morgan fingerprint density at radius 2 is 2.11 bits per heavy atom. The molecular weight excluding hydrogens is 238 g/mol. The van der Waals surface area contributed by atoms with Gasteiger partial charge in [-0.2, -0.15) is 0 Å². The molecule has 19 heavy (non-hydrogen) atoms. The molecule has 1 aliphatic rings. The summed E-state index contributed by atoms with van der Waals surface area (Å²) >= 11 is 0. The number of hydrogen-bond donors (Lipinski definition) is 2. The molecule has 0 unspecified atom stereocenters. The first-order valence-electron chi connectivity index (χ1n) is 7.05. The van der Waals surface area contributed by atoms with Crippen molar-refractivity contribution in [2.45, 2.75) is 19.3 Å². The largest absolute Gasteiger partial charge is 0.495 e. The van der Waals surface area contributed by atoms with Gasteiger partial charge in [0.25, 0.3) is 0 Å². The van der Waals surface area contributed by atoms with Crippen LogP contribution < -0.4 is 15.8 Å². The normalized spacial score (nSPS) is 17.4. The maximum absolute atomic E-state index is 6.04. The number of hydrogen-bond acceptors (Lipinski definition) is 4. The highest BCUT2D eigenvalue weighted by Gasteiger charge is 2.16. The number of anilines is 2. The lowest BCUT2D eigenvalue weighted by Crippen LogP contribution is -2.30. The van der Waals surface area contributed by atoms with Crippen LogP contribution in [-0.4, -0.2) is 38.7 Å². The molecule has 0 atom stereocenters. The van der Waals surface area contributed by atoms with Gasteiger partial charge < -0.3 is 20.7 Å². The Balaban J connectivity index is 1.79. The molecule has 0 aromatic heterocycles. The van der Waals surface area contributed by atoms with E-state index in [0.717, 1.165) is 23.9 Å². The van der Waals surface area contributed by atoms with E-state index in [1.807, 2.05) is 18.2 Å². The average molecular weight is 263 g/mol. The van der Waals surface area contributed by atoms with E-state index in [0.29, 0.717) is 5.69 Å². The van der Waals surface area contributed by atoms with Crippen LogP contribution in [0.1, 0.15) is 19.3 Å². The molecule has 1 heterocycles. The minimum absolute atomic E-state index is 0.702. The summed E-state index contributed by atoms with van der Waals surface area (Å²) in [5.41, 5.74) is 7.72. The number of ether oxygens (including phenoxy) is 1. The van der Waals surface area contributed by atoms with Crippen LogP contribution in [0.25, 0.3) is 0 Å². The molecule has 4 nitrogen and oxygen atoms in total. The van der Waals surface area contributed by atoms with Crippen LogP contribution >= 0.6 is 0 Å². The van der Waals surface area contributed by atoms with E-state index in [2.05, 4.69) is 17.3 Å². The smallest absolute Gasteiger partial charge is 0.143 e. The van der Waals surface area contributed by atoms with Gasteiger partial charge in [-0.25, -0.2) is 0 Å². The highest BCUT2D eigenvalue weighted by molar-refractivity contribution is 5.72. The van der Waals surface area contributed by atoms with Crippen molar-refractivity contribution < 1.29 is 4.74 Å². The second kappa shape index (κ2) is 6.66. The van der Waals surface area contributed by atoms with Crippen LogP contribution in [0.4, 0.5) is 11.4 Å². The molecule has 0 bridgehead atoms. The summed E-state index contributed by atoms with van der Waals surface area (Å²) < 4.78 is 5.22. The molecule has 0 saturated carbocycles. The third-order valence-corrected chi connectivity index (χ3v) is 3.99. The fraction of sp³-hybridized carbons (Fsp3) is 0.600. The number of piperidine rings is 1. The van der Waals surface area contributed by atoms with Crippen molar-refractivity contribution in [1.29, 1.82) is 0 Å². The van der Waals surface area contributed by atoms with E-state index in [1.54, 1.807) is 7.11 Å². The van der Waals surface area contributed by atoms with Gasteiger partial charge in [0.05, 0.1) is 18.5 Å². The summed E-state index contributed by atoms with van der Waals surface area (Å²) in [4.78, 5) is 2.41. The van der Waals surface area contributed by atoms with Crippen molar-refractivity contribution in [3.05, 3.63) is 18.2 Å². The summed E-state index contributed by atoms with van der Waals surface area (Å²) in [5, 5.41) is 3.43. The van der Waals surface area contributed by atoms with E-state index in [1.165, 1.54) is 32.4 Å². The molecule has 0 aliphatic carbocycles. The van der Waals surface area contributed by atoms with E-state index < -0.39 is 0 Å². The Bertz CT molecular complexity index is 400. The van der Waals surface area contributed by atoms with Crippen LogP contribution in [0, 0.1) is 5.92 Å². The molecule has 3 N–H and O–H groups in total. The monoisotopic (exact) mass is 263 g/mol. The second-order valence-electron chi connectivity index (χ2n) is 5.38. The lowest BCUT2D eigenvalue weighted by molar-refractivity contribution is 0.215. The minimum atomic E-state index is 0.702. The zero-order chi connectivity index (χ0) is 13.7. The SMILES string of the molecule is COc1cccc(NCCC2CCN(C)CC2)c1N. The Morgan fingerprint density at radius 1 is 1.37 bits per heavy atom. The molecule has 0 amide bonds. The number of methoxy groups -OCH3 is 1. The Labute approximate surface area is 115 Å². The number of rotatable bonds is 5. The average Bonchev–Trinajstić information content (AvgIpc) is 2.43. The predicted molar refractivity (Wildman–Crippen MR) is 80.7 cm³/mol. The van der Waals surface area contributed by atoms with Gasteiger partial charge in [-0.15, -0.1) is 0 Å². The number of likely N-dealkylation sites (tertiary alicyclic amines) is 1. The fourth-order valence-electron chi connectivity index (χ4n) is 2.64. The molecule has 1 aromatic carbocycles. The molecule has 1 saturated heterocycles. The van der Waals surface area contributed by atoms with Crippen molar-refractivity contribution in [1.82, 2.24) is 4.90 Å². The Morgan fingerprint density at radius 3 is 2.79 bits per heavy atom. The van der Waals surface area contributed by atoms with Gasteiger partial charge >= 0.3 is 0 Å². The summed E-state index contributed by atoms with van der Waals surface area (Å²) in [6, 6.07) is 5.86. The van der Waals surface area contributed by atoms with Crippen LogP contribution in [-0.2, 0) is 0 Å². The first kappa shape index (κ1) is 14.0. The standard InChI is InChI=1S/C15H25N3O/c1-18-10-7-12(8-11-18)6-9-17-13-4-3-5-14(19-2)15(13)16/h3-5,12,17H,6-11,16H2,1-2H3. The third-order valence-electron chi connectivity index (χ3n) is 3.99. The molecule has 0 radical (unpaired) electrons. The van der Waals surface area contributed by atoms with Gasteiger partial charge in [-0.1, -0.05) is 6.07 Å². The lowest BCUT2D eigenvalue weighted by Gasteiger charge is -2.29. The van der Waals surface area contributed by atoms with E-state index in [9.17, 15) is 0 Å². The zero-order valence-electron chi connectivity index (χ0n) is 12.0. The molecule has 1 aliphatic heterocycles. The molecule has 0 spiro atoms. The number of para-hydroxylation sites is 1. The van der Waals surface area contributed by atoms with Crippen LogP contribution in [0.3, 0.4) is 0 Å². The van der Waals surface area contributed by atoms with Crippen molar-refractivity contribution in [3.63, 3.8) is 0 Å². The summed E-state index contributed by atoms with van der Waals surface area (Å²) in [7, 11) is 3.85. The van der Waals surface area contributed by atoms with Crippen molar-refractivity contribution in [2.24, 2.45) is 5.92 Å². The minimum Gasteiger partial charge on any atom is -0.495 e. The highest BCUT2D eigenvalue weighted by Crippen LogP contribution is 2.29. The number of nitrogens with one attached hydrogen (secondary N) is 1. The molecule has 4 heteroatoms. The van der Waals surface area contributed by atoms with Crippen LogP contribution in [0.2, 0.25) is 0 Å². The van der Waals surface area contributed by atoms with E-state index >= 15 is 0 Å². The molecule has 1 fully saturated rings. The fourth-order valence-corrected chi connectivity index (χ4v) is 2.64. The Hall–Kier alpha value is -1.42. The number of benzene rings is 1. The van der Waals surface area contributed by atoms with Gasteiger partial charge in [-0.05, 0) is 57.5 Å². The number of nitrogens with two attached hydrogens (primary N) is 1. The zero-order valence-corrected chi connectivity index (χ0v) is 12.0. The predicted octanol–water partition coefficient (Wildman–Crippen LogP) is 2.42. The summed E-state index contributed by atoms with van der Waals surface area (Å²) in [6.07, 6.45) is 3.84.